The maximum Gasteiger partial charge on any atom is 0.235 e. The van der Waals surface area contributed by atoms with E-state index < -0.39 is 21.9 Å². The Hall–Kier alpha value is -0.820. The lowest BCUT2D eigenvalue weighted by atomic mass is 10.3. The van der Waals surface area contributed by atoms with Crippen molar-refractivity contribution in [1.82, 2.24) is 0 Å². The molecule has 1 aromatic carbocycles. The molecule has 0 radical (unpaired) electrons. The van der Waals surface area contributed by atoms with Gasteiger partial charge in [-0.15, -0.1) is 12.4 Å². The molecule has 0 bridgehead atoms. The Kier molecular flexibility index (Phi) is 6.35. The number of halogens is 1. The van der Waals surface area contributed by atoms with E-state index in [2.05, 4.69) is 4.72 Å². The largest absolute Gasteiger partial charge is 0.391 e. The molecule has 0 spiro atoms. The van der Waals surface area contributed by atoms with E-state index in [9.17, 15) is 8.42 Å². The van der Waals surface area contributed by atoms with Crippen molar-refractivity contribution >= 4 is 28.1 Å². The van der Waals surface area contributed by atoms with Gasteiger partial charge in [-0.1, -0.05) is 18.2 Å². The van der Waals surface area contributed by atoms with Crippen molar-refractivity contribution in [2.75, 3.05) is 17.0 Å². The van der Waals surface area contributed by atoms with Crippen LogP contribution < -0.4 is 10.5 Å². The van der Waals surface area contributed by atoms with Crippen LogP contribution in [0.5, 0.6) is 0 Å². The van der Waals surface area contributed by atoms with Gasteiger partial charge in [0, 0.05) is 12.2 Å². The number of anilines is 1. The summed E-state index contributed by atoms with van der Waals surface area (Å²) >= 11 is 0. The molecular weight excluding hydrogens is 252 g/mol. The van der Waals surface area contributed by atoms with Crippen LogP contribution in [0.2, 0.25) is 0 Å². The molecule has 0 aliphatic carbocycles. The van der Waals surface area contributed by atoms with E-state index in [1.807, 2.05) is 0 Å². The fourth-order valence-corrected chi connectivity index (χ4v) is 2.27. The molecule has 5 nitrogen and oxygen atoms in total. The Morgan fingerprint density at radius 1 is 1.31 bits per heavy atom. The molecule has 1 unspecified atom stereocenters. The van der Waals surface area contributed by atoms with Crippen LogP contribution in [0.3, 0.4) is 0 Å². The molecule has 1 rings (SSSR count). The molecule has 0 heterocycles. The normalized spacial score (nSPS) is 12.6. The SMILES string of the molecule is Cl.NCC(O)CS(=O)(=O)Nc1ccccc1. The molecule has 16 heavy (non-hydrogen) atoms. The molecule has 0 amide bonds. The van der Waals surface area contributed by atoms with Gasteiger partial charge in [-0.25, -0.2) is 8.42 Å². The molecule has 1 atom stereocenters. The van der Waals surface area contributed by atoms with Gasteiger partial charge in [0.2, 0.25) is 10.0 Å². The van der Waals surface area contributed by atoms with Crippen LogP contribution in [0.15, 0.2) is 30.3 Å². The standard InChI is InChI=1S/C9H14N2O3S.ClH/c10-6-9(12)7-15(13,14)11-8-4-2-1-3-5-8;/h1-5,9,11-12H,6-7,10H2;1H. The second-order valence-electron chi connectivity index (χ2n) is 3.14. The number of benzene rings is 1. The number of hydrogen-bond acceptors (Lipinski definition) is 4. The van der Waals surface area contributed by atoms with Gasteiger partial charge in [0.1, 0.15) is 0 Å². The third-order valence-electron chi connectivity index (χ3n) is 1.73. The second kappa shape index (κ2) is 6.70. The summed E-state index contributed by atoms with van der Waals surface area (Å²) in [4.78, 5) is 0. The van der Waals surface area contributed by atoms with Crippen LogP contribution in [0.1, 0.15) is 0 Å². The number of hydrogen-bond donors (Lipinski definition) is 3. The average Bonchev–Trinajstić information content (AvgIpc) is 2.17. The highest BCUT2D eigenvalue weighted by atomic mass is 35.5. The topological polar surface area (TPSA) is 92.4 Å². The zero-order chi connectivity index (χ0) is 11.3. The third kappa shape index (κ3) is 5.32. The fraction of sp³-hybridized carbons (Fsp3) is 0.333. The lowest BCUT2D eigenvalue weighted by Gasteiger charge is -2.10. The minimum absolute atomic E-state index is 0. The predicted molar refractivity (Wildman–Crippen MR) is 66.2 cm³/mol. The van der Waals surface area contributed by atoms with Crippen molar-refractivity contribution in [2.24, 2.45) is 5.73 Å². The smallest absolute Gasteiger partial charge is 0.235 e. The van der Waals surface area contributed by atoms with Gasteiger partial charge in [-0.3, -0.25) is 4.72 Å². The van der Waals surface area contributed by atoms with Crippen LogP contribution in [-0.2, 0) is 10.0 Å². The van der Waals surface area contributed by atoms with E-state index in [0.717, 1.165) is 0 Å². The number of sulfonamides is 1. The lowest BCUT2D eigenvalue weighted by molar-refractivity contribution is 0.206. The highest BCUT2D eigenvalue weighted by Gasteiger charge is 2.15. The van der Waals surface area contributed by atoms with Gasteiger partial charge in [0.25, 0.3) is 0 Å². The number of aliphatic hydroxyl groups excluding tert-OH is 1. The summed E-state index contributed by atoms with van der Waals surface area (Å²) in [5.74, 6) is -0.390. The Morgan fingerprint density at radius 2 is 1.88 bits per heavy atom. The molecule has 7 heteroatoms. The van der Waals surface area contributed by atoms with E-state index in [4.69, 9.17) is 10.8 Å². The van der Waals surface area contributed by atoms with Crippen molar-refractivity contribution in [1.29, 1.82) is 0 Å². The summed E-state index contributed by atoms with van der Waals surface area (Å²) in [5, 5.41) is 9.13. The zero-order valence-electron chi connectivity index (χ0n) is 8.54. The Bertz CT molecular complexity index is 396. The highest BCUT2D eigenvalue weighted by molar-refractivity contribution is 7.92. The first-order valence-corrected chi connectivity index (χ1v) is 6.12. The summed E-state index contributed by atoms with van der Waals surface area (Å²) in [6, 6.07) is 8.49. The molecule has 0 aliphatic heterocycles. The number of para-hydroxylation sites is 1. The molecule has 0 saturated carbocycles. The molecule has 0 fully saturated rings. The number of nitrogens with two attached hydrogens (primary N) is 1. The summed E-state index contributed by atoms with van der Waals surface area (Å²) < 4.78 is 25.2. The Balaban J connectivity index is 0.00000225. The molecule has 0 aliphatic rings. The number of nitrogens with one attached hydrogen (secondary N) is 1. The monoisotopic (exact) mass is 266 g/mol. The quantitative estimate of drug-likeness (QED) is 0.708. The molecule has 1 aromatic rings. The Morgan fingerprint density at radius 3 is 2.38 bits per heavy atom. The van der Waals surface area contributed by atoms with Gasteiger partial charge in [-0.2, -0.15) is 0 Å². The van der Waals surface area contributed by atoms with Gasteiger partial charge in [-0.05, 0) is 12.1 Å². The van der Waals surface area contributed by atoms with Gasteiger partial charge in [0.05, 0.1) is 11.9 Å². The van der Waals surface area contributed by atoms with Crippen LogP contribution in [0.4, 0.5) is 5.69 Å². The van der Waals surface area contributed by atoms with Gasteiger partial charge < -0.3 is 10.8 Å². The van der Waals surface area contributed by atoms with E-state index in [1.165, 1.54) is 0 Å². The van der Waals surface area contributed by atoms with Crippen LogP contribution in [-0.4, -0.2) is 31.9 Å². The Labute approximate surface area is 101 Å². The van der Waals surface area contributed by atoms with Crippen molar-refractivity contribution < 1.29 is 13.5 Å². The summed E-state index contributed by atoms with van der Waals surface area (Å²) in [7, 11) is -3.53. The molecule has 4 N–H and O–H groups in total. The van der Waals surface area contributed by atoms with Gasteiger partial charge >= 0.3 is 0 Å². The van der Waals surface area contributed by atoms with Crippen molar-refractivity contribution in [3.8, 4) is 0 Å². The summed E-state index contributed by atoms with van der Waals surface area (Å²) in [6.07, 6.45) is -1.04. The summed E-state index contributed by atoms with van der Waals surface area (Å²) in [6.45, 7) is -0.0737. The van der Waals surface area contributed by atoms with Crippen LogP contribution >= 0.6 is 12.4 Å². The van der Waals surface area contributed by atoms with E-state index >= 15 is 0 Å². The molecular formula is C9H15ClN2O3S. The first kappa shape index (κ1) is 15.2. The average molecular weight is 267 g/mol. The highest BCUT2D eigenvalue weighted by Crippen LogP contribution is 2.08. The van der Waals surface area contributed by atoms with E-state index in [1.54, 1.807) is 30.3 Å². The summed E-state index contributed by atoms with van der Waals surface area (Å²) in [5.41, 5.74) is 5.60. The van der Waals surface area contributed by atoms with E-state index in [0.29, 0.717) is 5.69 Å². The minimum atomic E-state index is -3.53. The maximum atomic E-state index is 11.4. The van der Waals surface area contributed by atoms with Crippen molar-refractivity contribution in [3.63, 3.8) is 0 Å². The zero-order valence-corrected chi connectivity index (χ0v) is 10.2. The second-order valence-corrected chi connectivity index (χ2v) is 4.91. The van der Waals surface area contributed by atoms with Crippen molar-refractivity contribution in [2.45, 2.75) is 6.10 Å². The fourth-order valence-electron chi connectivity index (χ4n) is 1.05. The number of aliphatic hydroxyl groups is 1. The minimum Gasteiger partial charge on any atom is -0.391 e. The molecule has 0 saturated heterocycles. The third-order valence-corrected chi connectivity index (χ3v) is 3.10. The van der Waals surface area contributed by atoms with Gasteiger partial charge in [0.15, 0.2) is 0 Å². The predicted octanol–water partition coefficient (Wildman–Crippen LogP) is 0.170. The first-order valence-electron chi connectivity index (χ1n) is 4.47. The molecule has 92 valence electrons. The van der Waals surface area contributed by atoms with E-state index in [-0.39, 0.29) is 19.0 Å². The maximum absolute atomic E-state index is 11.4. The van der Waals surface area contributed by atoms with Crippen LogP contribution in [0.25, 0.3) is 0 Å². The van der Waals surface area contributed by atoms with Crippen LogP contribution in [0, 0.1) is 0 Å². The lowest BCUT2D eigenvalue weighted by Crippen LogP contribution is -2.31. The number of rotatable bonds is 5. The van der Waals surface area contributed by atoms with Crippen molar-refractivity contribution in [3.05, 3.63) is 30.3 Å². The molecule has 0 aromatic heterocycles. The first-order chi connectivity index (χ1) is 7.03.